The van der Waals surface area contributed by atoms with E-state index in [1.807, 2.05) is 11.3 Å². The Morgan fingerprint density at radius 1 is 1.39 bits per heavy atom. The van der Waals surface area contributed by atoms with Crippen LogP contribution in [0.15, 0.2) is 5.38 Å². The molecule has 2 rings (SSSR count). The minimum Gasteiger partial charge on any atom is -0.303 e. The second-order valence-electron chi connectivity index (χ2n) is 5.86. The maximum atomic E-state index is 4.72. The van der Waals surface area contributed by atoms with Gasteiger partial charge in [0.1, 0.15) is 5.01 Å². The third-order valence-corrected chi connectivity index (χ3v) is 4.95. The molecule has 18 heavy (non-hydrogen) atoms. The van der Waals surface area contributed by atoms with E-state index in [-0.39, 0.29) is 5.54 Å². The number of nitrogens with one attached hydrogen (secondary N) is 1. The summed E-state index contributed by atoms with van der Waals surface area (Å²) >= 11 is 1.82. The first-order valence-corrected chi connectivity index (χ1v) is 8.22. The van der Waals surface area contributed by atoms with E-state index < -0.39 is 0 Å². The number of hydrogen-bond donors (Lipinski definition) is 1. The van der Waals surface area contributed by atoms with Crippen LogP contribution >= 0.6 is 11.3 Å². The molecule has 1 heterocycles. The van der Waals surface area contributed by atoms with Crippen LogP contribution in [0.5, 0.6) is 0 Å². The van der Waals surface area contributed by atoms with E-state index >= 15 is 0 Å². The van der Waals surface area contributed by atoms with Gasteiger partial charge in [-0.3, -0.25) is 0 Å². The molecule has 1 fully saturated rings. The maximum absolute atomic E-state index is 4.72. The Hall–Kier alpha value is -0.410. The van der Waals surface area contributed by atoms with Gasteiger partial charge in [-0.15, -0.1) is 11.3 Å². The Bertz CT molecular complexity index is 370. The molecule has 0 aromatic carbocycles. The molecular weight excluding hydrogens is 240 g/mol. The highest BCUT2D eigenvalue weighted by molar-refractivity contribution is 7.09. The van der Waals surface area contributed by atoms with Crippen molar-refractivity contribution in [2.75, 3.05) is 0 Å². The first-order chi connectivity index (χ1) is 8.64. The predicted molar refractivity (Wildman–Crippen MR) is 79.1 cm³/mol. The molecule has 1 unspecified atom stereocenters. The lowest BCUT2D eigenvalue weighted by Crippen LogP contribution is -2.41. The van der Waals surface area contributed by atoms with Crippen LogP contribution in [0.2, 0.25) is 0 Å². The average Bonchev–Trinajstić information content (AvgIpc) is 3.03. The highest BCUT2D eigenvalue weighted by Crippen LogP contribution is 2.34. The van der Waals surface area contributed by atoms with Gasteiger partial charge >= 0.3 is 0 Å². The van der Waals surface area contributed by atoms with E-state index in [0.29, 0.717) is 0 Å². The summed E-state index contributed by atoms with van der Waals surface area (Å²) in [7, 11) is 0. The fraction of sp³-hybridized carbons (Fsp3) is 0.800. The van der Waals surface area contributed by atoms with Crippen molar-refractivity contribution in [3.8, 4) is 0 Å². The third-order valence-electron chi connectivity index (χ3n) is 3.72. The monoisotopic (exact) mass is 266 g/mol. The molecule has 0 radical (unpaired) electrons. The van der Waals surface area contributed by atoms with E-state index in [2.05, 4.69) is 31.5 Å². The Morgan fingerprint density at radius 2 is 2.17 bits per heavy atom. The molecule has 102 valence electrons. The summed E-state index contributed by atoms with van der Waals surface area (Å²) in [5.74, 6) is 0. The normalized spacial score (nSPS) is 18.8. The predicted octanol–water partition coefficient (Wildman–Crippen LogP) is 4.39. The molecule has 1 aliphatic rings. The van der Waals surface area contributed by atoms with E-state index in [9.17, 15) is 0 Å². The third kappa shape index (κ3) is 3.79. The SMILES string of the molecule is CCCCCCC(C)(NC1CC1)c1nc(C)cs1. The van der Waals surface area contributed by atoms with Crippen LogP contribution in [0, 0.1) is 6.92 Å². The molecule has 1 aromatic heterocycles. The van der Waals surface area contributed by atoms with Crippen LogP contribution in [0.1, 0.15) is 69.5 Å². The lowest BCUT2D eigenvalue weighted by molar-refractivity contribution is 0.321. The largest absolute Gasteiger partial charge is 0.303 e. The van der Waals surface area contributed by atoms with Gasteiger partial charge in [0.05, 0.1) is 5.54 Å². The molecule has 1 aromatic rings. The van der Waals surface area contributed by atoms with Crippen LogP contribution in [-0.4, -0.2) is 11.0 Å². The summed E-state index contributed by atoms with van der Waals surface area (Å²) in [6, 6.07) is 0.741. The van der Waals surface area contributed by atoms with Crippen molar-refractivity contribution in [2.24, 2.45) is 0 Å². The lowest BCUT2D eigenvalue weighted by atomic mass is 9.94. The van der Waals surface area contributed by atoms with Crippen molar-refractivity contribution < 1.29 is 0 Å². The quantitative estimate of drug-likeness (QED) is 0.706. The van der Waals surface area contributed by atoms with E-state index in [4.69, 9.17) is 4.98 Å². The van der Waals surface area contributed by atoms with Crippen LogP contribution in [0.4, 0.5) is 0 Å². The summed E-state index contributed by atoms with van der Waals surface area (Å²) < 4.78 is 0. The van der Waals surface area contributed by atoms with Gasteiger partial charge in [0.2, 0.25) is 0 Å². The molecule has 2 nitrogen and oxygen atoms in total. The van der Waals surface area contributed by atoms with Gasteiger partial charge in [0.15, 0.2) is 0 Å². The molecule has 1 atom stereocenters. The second kappa shape index (κ2) is 6.16. The fourth-order valence-electron chi connectivity index (χ4n) is 2.43. The van der Waals surface area contributed by atoms with Gasteiger partial charge in [-0.25, -0.2) is 4.98 Å². The van der Waals surface area contributed by atoms with Gasteiger partial charge in [0.25, 0.3) is 0 Å². The van der Waals surface area contributed by atoms with Crippen molar-refractivity contribution in [3.05, 3.63) is 16.1 Å². The average molecular weight is 266 g/mol. The second-order valence-corrected chi connectivity index (χ2v) is 6.71. The Kier molecular flexibility index (Phi) is 4.79. The minimum atomic E-state index is 0.105. The number of nitrogens with zero attached hydrogens (tertiary/aromatic N) is 1. The maximum Gasteiger partial charge on any atom is 0.113 e. The van der Waals surface area contributed by atoms with Crippen LogP contribution in [0.3, 0.4) is 0 Å². The standard InChI is InChI=1S/C15H26N2S/c1-4-5-6-7-10-15(3,17-13-8-9-13)14-16-12(2)11-18-14/h11,13,17H,4-10H2,1-3H3. The van der Waals surface area contributed by atoms with Crippen molar-refractivity contribution in [3.63, 3.8) is 0 Å². The summed E-state index contributed by atoms with van der Waals surface area (Å²) in [6.45, 7) is 6.70. The van der Waals surface area contributed by atoms with E-state index in [0.717, 1.165) is 11.7 Å². The Morgan fingerprint density at radius 3 is 2.72 bits per heavy atom. The molecule has 0 bridgehead atoms. The smallest absolute Gasteiger partial charge is 0.113 e. The number of hydrogen-bond acceptors (Lipinski definition) is 3. The summed E-state index contributed by atoms with van der Waals surface area (Å²) in [6.07, 6.45) is 9.23. The van der Waals surface area contributed by atoms with Gasteiger partial charge in [0, 0.05) is 17.1 Å². The van der Waals surface area contributed by atoms with Crippen LogP contribution < -0.4 is 5.32 Å². The van der Waals surface area contributed by atoms with E-state index in [1.54, 1.807) is 0 Å². The van der Waals surface area contributed by atoms with Gasteiger partial charge in [-0.2, -0.15) is 0 Å². The molecule has 3 heteroatoms. The molecule has 0 spiro atoms. The van der Waals surface area contributed by atoms with Gasteiger partial charge in [-0.05, 0) is 33.1 Å². The summed E-state index contributed by atoms with van der Waals surface area (Å²) in [5, 5.41) is 7.28. The fourth-order valence-corrected chi connectivity index (χ4v) is 3.38. The first-order valence-electron chi connectivity index (χ1n) is 7.34. The molecule has 0 amide bonds. The topological polar surface area (TPSA) is 24.9 Å². The first kappa shape index (κ1) is 14.0. The number of unbranched alkanes of at least 4 members (excludes halogenated alkanes) is 3. The number of thiazole rings is 1. The molecule has 0 saturated heterocycles. The Balaban J connectivity index is 1.97. The summed E-state index contributed by atoms with van der Waals surface area (Å²) in [5.41, 5.74) is 1.26. The zero-order valence-corrected chi connectivity index (χ0v) is 12.8. The zero-order valence-electron chi connectivity index (χ0n) is 12.0. The molecule has 1 N–H and O–H groups in total. The van der Waals surface area contributed by atoms with Gasteiger partial charge in [-0.1, -0.05) is 32.6 Å². The number of aryl methyl sites for hydroxylation is 1. The van der Waals surface area contributed by atoms with Crippen LogP contribution in [-0.2, 0) is 5.54 Å². The molecular formula is C15H26N2S. The molecule has 0 aliphatic heterocycles. The van der Waals surface area contributed by atoms with Gasteiger partial charge < -0.3 is 5.32 Å². The highest BCUT2D eigenvalue weighted by atomic mass is 32.1. The number of rotatable bonds is 8. The van der Waals surface area contributed by atoms with E-state index in [1.165, 1.54) is 50.0 Å². The highest BCUT2D eigenvalue weighted by Gasteiger charge is 2.35. The lowest BCUT2D eigenvalue weighted by Gasteiger charge is -2.29. The molecule has 1 aliphatic carbocycles. The zero-order chi connectivity index (χ0) is 13.0. The van der Waals surface area contributed by atoms with Crippen molar-refractivity contribution in [1.29, 1.82) is 0 Å². The van der Waals surface area contributed by atoms with Crippen molar-refractivity contribution >= 4 is 11.3 Å². The van der Waals surface area contributed by atoms with Crippen LogP contribution in [0.25, 0.3) is 0 Å². The number of aromatic nitrogens is 1. The van der Waals surface area contributed by atoms with Crippen molar-refractivity contribution in [2.45, 2.75) is 77.3 Å². The Labute approximate surface area is 115 Å². The van der Waals surface area contributed by atoms with Crippen molar-refractivity contribution in [1.82, 2.24) is 10.3 Å². The molecule has 1 saturated carbocycles. The minimum absolute atomic E-state index is 0.105. The summed E-state index contributed by atoms with van der Waals surface area (Å²) in [4.78, 5) is 4.72.